The van der Waals surface area contributed by atoms with E-state index in [1.54, 1.807) is 0 Å². The summed E-state index contributed by atoms with van der Waals surface area (Å²) in [7, 11) is 2.07. The molecule has 108 valence electrons. The van der Waals surface area contributed by atoms with E-state index in [4.69, 9.17) is 0 Å². The molecule has 1 rings (SSSR count). The Morgan fingerprint density at radius 2 is 1.37 bits per heavy atom. The molecule has 0 atom stereocenters. The van der Waals surface area contributed by atoms with Crippen LogP contribution in [0.5, 0.6) is 0 Å². The fourth-order valence-corrected chi connectivity index (χ4v) is 2.39. The van der Waals surface area contributed by atoms with Crippen LogP contribution in [0, 0.1) is 5.41 Å². The average Bonchev–Trinajstić information content (AvgIpc) is 2.33. The summed E-state index contributed by atoms with van der Waals surface area (Å²) in [4.78, 5) is 0. The summed E-state index contributed by atoms with van der Waals surface area (Å²) >= 11 is 0. The van der Waals surface area contributed by atoms with Gasteiger partial charge in [0, 0.05) is 12.1 Å². The minimum atomic E-state index is 0.517. The molecule has 1 aromatic heterocycles. The third kappa shape index (κ3) is 8.80. The fourth-order valence-electron chi connectivity index (χ4n) is 2.39. The molecule has 0 saturated heterocycles. The van der Waals surface area contributed by atoms with Crippen molar-refractivity contribution in [1.29, 1.82) is 0 Å². The van der Waals surface area contributed by atoms with Gasteiger partial charge in [0.05, 0.1) is 0 Å². The van der Waals surface area contributed by atoms with E-state index in [1.165, 1.54) is 56.9 Å². The van der Waals surface area contributed by atoms with Crippen molar-refractivity contribution in [2.75, 3.05) is 0 Å². The second-order valence-electron chi connectivity index (χ2n) is 7.05. The molecule has 1 heterocycles. The Morgan fingerprint density at radius 3 is 1.95 bits per heavy atom. The van der Waals surface area contributed by atoms with Gasteiger partial charge in [-0.15, -0.1) is 0 Å². The number of aromatic nitrogens is 1. The van der Waals surface area contributed by atoms with E-state index in [-0.39, 0.29) is 0 Å². The summed E-state index contributed by atoms with van der Waals surface area (Å²) in [6.07, 6.45) is 15.3. The van der Waals surface area contributed by atoms with Gasteiger partial charge < -0.3 is 0 Å². The monoisotopic (exact) mass is 262 g/mol. The molecule has 0 saturated carbocycles. The molecule has 0 fully saturated rings. The lowest BCUT2D eigenvalue weighted by molar-refractivity contribution is -0.671. The highest BCUT2D eigenvalue weighted by Gasteiger charge is 2.08. The Bertz CT molecular complexity index is 332. The van der Waals surface area contributed by atoms with Crippen molar-refractivity contribution in [3.05, 3.63) is 30.1 Å². The highest BCUT2D eigenvalue weighted by atomic mass is 14.9. The third-order valence-corrected chi connectivity index (χ3v) is 3.69. The lowest BCUT2D eigenvalue weighted by Crippen LogP contribution is -2.25. The van der Waals surface area contributed by atoms with Gasteiger partial charge in [-0.05, 0) is 30.2 Å². The number of unbranched alkanes of at least 4 members (excludes halogenated alkanes) is 5. The van der Waals surface area contributed by atoms with Gasteiger partial charge in [-0.25, -0.2) is 4.57 Å². The molecular weight excluding hydrogens is 230 g/mol. The van der Waals surface area contributed by atoms with Crippen LogP contribution >= 0.6 is 0 Å². The molecule has 0 unspecified atom stereocenters. The van der Waals surface area contributed by atoms with Crippen molar-refractivity contribution in [3.8, 4) is 0 Å². The minimum Gasteiger partial charge on any atom is -0.208 e. The Kier molecular flexibility index (Phi) is 7.12. The zero-order valence-electron chi connectivity index (χ0n) is 13.4. The molecular formula is C18H32N+. The van der Waals surface area contributed by atoms with E-state index in [1.807, 2.05) is 0 Å². The zero-order valence-corrected chi connectivity index (χ0v) is 13.4. The van der Waals surface area contributed by atoms with Crippen molar-refractivity contribution >= 4 is 0 Å². The molecule has 1 aromatic rings. The summed E-state index contributed by atoms with van der Waals surface area (Å²) in [5, 5.41) is 0. The van der Waals surface area contributed by atoms with Gasteiger partial charge >= 0.3 is 0 Å². The number of rotatable bonds is 8. The number of aryl methyl sites for hydroxylation is 2. The summed E-state index contributed by atoms with van der Waals surface area (Å²) in [6, 6.07) is 4.48. The molecule has 19 heavy (non-hydrogen) atoms. The van der Waals surface area contributed by atoms with Gasteiger partial charge in [0.25, 0.3) is 0 Å². The molecule has 0 bridgehead atoms. The van der Waals surface area contributed by atoms with Crippen LogP contribution in [-0.2, 0) is 13.5 Å². The van der Waals surface area contributed by atoms with E-state index < -0.39 is 0 Å². The van der Waals surface area contributed by atoms with Gasteiger partial charge in [0.1, 0.15) is 7.05 Å². The molecule has 1 nitrogen and oxygen atoms in total. The quantitative estimate of drug-likeness (QED) is 0.466. The minimum absolute atomic E-state index is 0.517. The lowest BCUT2D eigenvalue weighted by Gasteiger charge is -2.17. The van der Waals surface area contributed by atoms with E-state index >= 15 is 0 Å². The Morgan fingerprint density at radius 1 is 0.842 bits per heavy atom. The summed E-state index contributed by atoms with van der Waals surface area (Å²) < 4.78 is 2.10. The Hall–Kier alpha value is -0.850. The van der Waals surface area contributed by atoms with E-state index in [9.17, 15) is 0 Å². The van der Waals surface area contributed by atoms with Crippen molar-refractivity contribution in [2.24, 2.45) is 12.5 Å². The number of pyridine rings is 1. The Balaban J connectivity index is 1.95. The van der Waals surface area contributed by atoms with Gasteiger partial charge in [0.15, 0.2) is 12.4 Å². The number of nitrogens with zero attached hydrogens (tertiary/aromatic N) is 1. The normalized spacial score (nSPS) is 11.8. The molecule has 0 aliphatic carbocycles. The maximum atomic E-state index is 2.34. The average molecular weight is 262 g/mol. The SMILES string of the molecule is C[n+]1ccc(CCCCCCCCC(C)(C)C)cc1. The highest BCUT2D eigenvalue weighted by molar-refractivity contribution is 5.06. The van der Waals surface area contributed by atoms with Crippen LogP contribution < -0.4 is 4.57 Å². The summed E-state index contributed by atoms with van der Waals surface area (Å²) in [6.45, 7) is 7.02. The summed E-state index contributed by atoms with van der Waals surface area (Å²) in [5.74, 6) is 0. The topological polar surface area (TPSA) is 3.88 Å². The molecule has 0 spiro atoms. The van der Waals surface area contributed by atoms with Gasteiger partial charge in [-0.2, -0.15) is 0 Å². The van der Waals surface area contributed by atoms with Crippen LogP contribution in [0.3, 0.4) is 0 Å². The smallest absolute Gasteiger partial charge is 0.168 e. The first kappa shape index (κ1) is 16.2. The van der Waals surface area contributed by atoms with Crippen molar-refractivity contribution in [3.63, 3.8) is 0 Å². The highest BCUT2D eigenvalue weighted by Crippen LogP contribution is 2.22. The van der Waals surface area contributed by atoms with Crippen LogP contribution in [0.25, 0.3) is 0 Å². The van der Waals surface area contributed by atoms with Crippen molar-refractivity contribution in [1.82, 2.24) is 0 Å². The molecule has 0 amide bonds. The molecule has 0 radical (unpaired) electrons. The van der Waals surface area contributed by atoms with Gasteiger partial charge in [-0.3, -0.25) is 0 Å². The zero-order chi connectivity index (χ0) is 14.1. The largest absolute Gasteiger partial charge is 0.208 e. The van der Waals surface area contributed by atoms with Crippen molar-refractivity contribution < 1.29 is 4.57 Å². The van der Waals surface area contributed by atoms with E-state index in [2.05, 4.69) is 56.9 Å². The van der Waals surface area contributed by atoms with Crippen LogP contribution in [0.2, 0.25) is 0 Å². The Labute approximate surface area is 120 Å². The van der Waals surface area contributed by atoms with Crippen LogP contribution in [0.4, 0.5) is 0 Å². The number of hydrogen-bond donors (Lipinski definition) is 0. The first-order valence-corrected chi connectivity index (χ1v) is 7.91. The lowest BCUT2D eigenvalue weighted by atomic mass is 9.89. The maximum absolute atomic E-state index is 2.34. The van der Waals surface area contributed by atoms with Crippen LogP contribution in [0.1, 0.15) is 71.3 Å². The van der Waals surface area contributed by atoms with E-state index in [0.29, 0.717) is 5.41 Å². The van der Waals surface area contributed by atoms with Gasteiger partial charge in [0.2, 0.25) is 0 Å². The fraction of sp³-hybridized carbons (Fsp3) is 0.722. The van der Waals surface area contributed by atoms with E-state index in [0.717, 1.165) is 0 Å². The van der Waals surface area contributed by atoms with Crippen molar-refractivity contribution in [2.45, 2.75) is 72.1 Å². The number of hydrogen-bond acceptors (Lipinski definition) is 0. The molecule has 1 heteroatoms. The van der Waals surface area contributed by atoms with Crippen LogP contribution in [-0.4, -0.2) is 0 Å². The summed E-state index contributed by atoms with van der Waals surface area (Å²) in [5.41, 5.74) is 1.99. The molecule has 0 aromatic carbocycles. The van der Waals surface area contributed by atoms with Gasteiger partial charge in [-0.1, -0.05) is 52.9 Å². The standard InChI is InChI=1S/C18H32N/c1-18(2,3)14-10-8-6-5-7-9-11-17-12-15-19(4)16-13-17/h12-13,15-16H,5-11,14H2,1-4H3/q+1. The van der Waals surface area contributed by atoms with Crippen LogP contribution in [0.15, 0.2) is 24.5 Å². The first-order valence-electron chi connectivity index (χ1n) is 7.91. The second kappa shape index (κ2) is 8.35. The predicted molar refractivity (Wildman–Crippen MR) is 83.1 cm³/mol. The molecule has 0 aliphatic rings. The first-order chi connectivity index (χ1) is 8.97. The maximum Gasteiger partial charge on any atom is 0.168 e. The molecule has 0 aliphatic heterocycles. The second-order valence-corrected chi connectivity index (χ2v) is 7.05. The predicted octanol–water partition coefficient (Wildman–Crippen LogP) is 4.83. The third-order valence-electron chi connectivity index (χ3n) is 3.69. The molecule has 0 N–H and O–H groups in total.